The number of rotatable bonds is 5. The lowest BCUT2D eigenvalue weighted by molar-refractivity contribution is 0.545. The number of hydrogen-bond donors (Lipinski definition) is 1. The van der Waals surface area contributed by atoms with E-state index in [1.807, 2.05) is 6.92 Å². The van der Waals surface area contributed by atoms with Crippen molar-refractivity contribution in [1.82, 2.24) is 5.32 Å². The zero-order valence-electron chi connectivity index (χ0n) is 11.5. The third-order valence-corrected chi connectivity index (χ3v) is 3.07. The summed E-state index contributed by atoms with van der Waals surface area (Å²) in [4.78, 5) is 0. The lowest BCUT2D eigenvalue weighted by Gasteiger charge is -2.09. The molecule has 2 aromatic rings. The van der Waals surface area contributed by atoms with Crippen molar-refractivity contribution >= 4 is 0 Å². The Hall–Kier alpha value is -1.88. The fraction of sp³-hybridized carbons (Fsp3) is 0.250. The maximum absolute atomic E-state index is 14.1. The molecule has 0 heterocycles. The van der Waals surface area contributed by atoms with Crippen LogP contribution in [-0.2, 0) is 6.54 Å². The molecule has 1 nitrogen and oxygen atoms in total. The van der Waals surface area contributed by atoms with Crippen LogP contribution < -0.4 is 5.32 Å². The monoisotopic (exact) mass is 297 g/mol. The highest BCUT2D eigenvalue weighted by Gasteiger charge is 2.17. The smallest absolute Gasteiger partial charge is 0.136 e. The lowest BCUT2D eigenvalue weighted by Crippen LogP contribution is -2.13. The third-order valence-electron chi connectivity index (χ3n) is 3.07. The van der Waals surface area contributed by atoms with Gasteiger partial charge in [0.2, 0.25) is 0 Å². The topological polar surface area (TPSA) is 12.0 Å². The Kier molecular flexibility index (Phi) is 4.96. The summed E-state index contributed by atoms with van der Waals surface area (Å²) in [6.07, 6.45) is 0.951. The van der Waals surface area contributed by atoms with Crippen LogP contribution >= 0.6 is 0 Å². The molecular weight excluding hydrogens is 282 g/mol. The van der Waals surface area contributed by atoms with E-state index in [9.17, 15) is 17.6 Å². The summed E-state index contributed by atoms with van der Waals surface area (Å²) in [6.45, 7) is 3.28. The van der Waals surface area contributed by atoms with E-state index in [2.05, 4.69) is 5.32 Å². The molecule has 0 radical (unpaired) electrons. The molecule has 21 heavy (non-hydrogen) atoms. The molecule has 0 saturated heterocycles. The summed E-state index contributed by atoms with van der Waals surface area (Å²) in [5.74, 6) is -4.02. The molecule has 5 heteroatoms. The average molecular weight is 297 g/mol. The van der Waals surface area contributed by atoms with Crippen molar-refractivity contribution < 1.29 is 17.6 Å². The largest absolute Gasteiger partial charge is 0.313 e. The quantitative estimate of drug-likeness (QED) is 0.637. The van der Waals surface area contributed by atoms with Crippen LogP contribution in [0.15, 0.2) is 30.3 Å². The van der Waals surface area contributed by atoms with Crippen molar-refractivity contribution in [1.29, 1.82) is 0 Å². The minimum absolute atomic E-state index is 0.218. The van der Waals surface area contributed by atoms with Gasteiger partial charge in [-0.25, -0.2) is 17.6 Å². The second-order valence-electron chi connectivity index (χ2n) is 4.74. The highest BCUT2D eigenvalue weighted by atomic mass is 19.1. The molecule has 2 rings (SSSR count). The lowest BCUT2D eigenvalue weighted by atomic mass is 10.0. The van der Waals surface area contributed by atoms with Crippen LogP contribution in [0, 0.1) is 23.3 Å². The van der Waals surface area contributed by atoms with Crippen LogP contribution in [0.1, 0.15) is 18.9 Å². The summed E-state index contributed by atoms with van der Waals surface area (Å²) in [6, 6.07) is 5.18. The molecule has 0 unspecified atom stereocenters. The molecular formula is C16H15F4N. The summed E-state index contributed by atoms with van der Waals surface area (Å²) in [7, 11) is 0. The molecule has 0 bridgehead atoms. The summed E-state index contributed by atoms with van der Waals surface area (Å²) < 4.78 is 54.3. The van der Waals surface area contributed by atoms with E-state index >= 15 is 0 Å². The first-order valence-electron chi connectivity index (χ1n) is 6.67. The number of halogens is 4. The average Bonchev–Trinajstić information content (AvgIpc) is 2.40. The summed E-state index contributed by atoms with van der Waals surface area (Å²) >= 11 is 0. The Morgan fingerprint density at radius 1 is 0.905 bits per heavy atom. The van der Waals surface area contributed by atoms with Gasteiger partial charge >= 0.3 is 0 Å². The second kappa shape index (κ2) is 6.72. The van der Waals surface area contributed by atoms with Crippen molar-refractivity contribution in [2.24, 2.45) is 0 Å². The standard InChI is InChI=1S/C16H15F4N/c1-2-5-21-9-10-3-4-12(13(18)6-10)16-14(19)7-11(17)8-15(16)20/h3-4,6-8,21H,2,5,9H2,1H3. The zero-order valence-corrected chi connectivity index (χ0v) is 11.5. The molecule has 0 aliphatic carbocycles. The maximum atomic E-state index is 14.1. The Bertz CT molecular complexity index is 617. The molecule has 0 atom stereocenters. The molecule has 1 N–H and O–H groups in total. The van der Waals surface area contributed by atoms with Crippen LogP contribution in [0.25, 0.3) is 11.1 Å². The molecule has 0 amide bonds. The molecule has 0 saturated carbocycles. The molecule has 0 aromatic heterocycles. The van der Waals surface area contributed by atoms with Gasteiger partial charge in [-0.1, -0.05) is 19.1 Å². The van der Waals surface area contributed by atoms with Gasteiger partial charge in [-0.2, -0.15) is 0 Å². The van der Waals surface area contributed by atoms with E-state index in [1.54, 1.807) is 6.07 Å². The van der Waals surface area contributed by atoms with Gasteiger partial charge in [0.15, 0.2) is 0 Å². The fourth-order valence-electron chi connectivity index (χ4n) is 2.08. The molecule has 2 aromatic carbocycles. The summed E-state index contributed by atoms with van der Waals surface area (Å²) in [5.41, 5.74) is -0.0983. The van der Waals surface area contributed by atoms with Crippen molar-refractivity contribution in [3.8, 4) is 11.1 Å². The van der Waals surface area contributed by atoms with Crippen LogP contribution in [0.2, 0.25) is 0 Å². The predicted octanol–water partition coefficient (Wildman–Crippen LogP) is 4.41. The Balaban J connectivity index is 2.33. The molecule has 0 fully saturated rings. The van der Waals surface area contributed by atoms with Crippen LogP contribution in [0.4, 0.5) is 17.6 Å². The van der Waals surface area contributed by atoms with Crippen LogP contribution in [0.3, 0.4) is 0 Å². The van der Waals surface area contributed by atoms with Gasteiger partial charge in [0.05, 0.1) is 5.56 Å². The molecule has 0 aliphatic heterocycles. The Labute approximate surface area is 120 Å². The zero-order chi connectivity index (χ0) is 15.4. The Morgan fingerprint density at radius 2 is 1.57 bits per heavy atom. The van der Waals surface area contributed by atoms with E-state index in [0.29, 0.717) is 24.2 Å². The first-order chi connectivity index (χ1) is 10.0. The minimum atomic E-state index is -1.12. The molecule has 0 spiro atoms. The predicted molar refractivity (Wildman–Crippen MR) is 73.7 cm³/mol. The molecule has 112 valence electrons. The van der Waals surface area contributed by atoms with Gasteiger partial charge in [0.1, 0.15) is 23.3 Å². The van der Waals surface area contributed by atoms with Gasteiger partial charge in [0.25, 0.3) is 0 Å². The van der Waals surface area contributed by atoms with Crippen LogP contribution in [0.5, 0.6) is 0 Å². The number of hydrogen-bond acceptors (Lipinski definition) is 1. The second-order valence-corrected chi connectivity index (χ2v) is 4.74. The van der Waals surface area contributed by atoms with Crippen molar-refractivity contribution in [3.63, 3.8) is 0 Å². The van der Waals surface area contributed by atoms with E-state index in [0.717, 1.165) is 13.0 Å². The highest BCUT2D eigenvalue weighted by molar-refractivity contribution is 5.66. The van der Waals surface area contributed by atoms with Gasteiger partial charge in [-0.15, -0.1) is 0 Å². The maximum Gasteiger partial charge on any atom is 0.136 e. The number of nitrogens with one attached hydrogen (secondary N) is 1. The van der Waals surface area contributed by atoms with Crippen molar-refractivity contribution in [3.05, 3.63) is 59.2 Å². The summed E-state index contributed by atoms with van der Waals surface area (Å²) in [5, 5.41) is 3.10. The normalized spacial score (nSPS) is 10.9. The third kappa shape index (κ3) is 3.61. The van der Waals surface area contributed by atoms with Crippen molar-refractivity contribution in [2.75, 3.05) is 6.54 Å². The molecule has 0 aliphatic rings. The van der Waals surface area contributed by atoms with E-state index in [4.69, 9.17) is 0 Å². The van der Waals surface area contributed by atoms with Gasteiger partial charge in [-0.05, 0) is 24.6 Å². The van der Waals surface area contributed by atoms with Crippen molar-refractivity contribution in [2.45, 2.75) is 19.9 Å². The number of benzene rings is 2. The SMILES string of the molecule is CCCNCc1ccc(-c2c(F)cc(F)cc2F)c(F)c1. The first-order valence-corrected chi connectivity index (χ1v) is 6.67. The fourth-order valence-corrected chi connectivity index (χ4v) is 2.08. The van der Waals surface area contributed by atoms with E-state index in [-0.39, 0.29) is 5.56 Å². The van der Waals surface area contributed by atoms with Gasteiger partial charge in [-0.3, -0.25) is 0 Å². The van der Waals surface area contributed by atoms with E-state index < -0.39 is 28.8 Å². The van der Waals surface area contributed by atoms with E-state index in [1.165, 1.54) is 12.1 Å². The Morgan fingerprint density at radius 3 is 2.14 bits per heavy atom. The van der Waals surface area contributed by atoms with Crippen LogP contribution in [-0.4, -0.2) is 6.54 Å². The minimum Gasteiger partial charge on any atom is -0.313 e. The highest BCUT2D eigenvalue weighted by Crippen LogP contribution is 2.29. The first kappa shape index (κ1) is 15.5. The van der Waals surface area contributed by atoms with Gasteiger partial charge in [0, 0.05) is 24.2 Å². The van der Waals surface area contributed by atoms with Gasteiger partial charge < -0.3 is 5.32 Å².